The number of nitrogens with zero attached hydrogens (tertiary/aromatic N) is 4. The van der Waals surface area contributed by atoms with Gasteiger partial charge in [0, 0.05) is 39.1 Å². The highest BCUT2D eigenvalue weighted by molar-refractivity contribution is 7.98. The van der Waals surface area contributed by atoms with Crippen LogP contribution in [-0.2, 0) is 6.54 Å². The molecule has 0 aliphatic carbocycles. The summed E-state index contributed by atoms with van der Waals surface area (Å²) in [7, 11) is 3.87. The van der Waals surface area contributed by atoms with Crippen LogP contribution in [0.5, 0.6) is 0 Å². The zero-order chi connectivity index (χ0) is 13.7. The van der Waals surface area contributed by atoms with Crippen LogP contribution in [0.3, 0.4) is 0 Å². The van der Waals surface area contributed by atoms with E-state index in [1.165, 1.54) is 11.8 Å². The number of anilines is 2. The summed E-state index contributed by atoms with van der Waals surface area (Å²) >= 11 is 1.53. The summed E-state index contributed by atoms with van der Waals surface area (Å²) in [6.45, 7) is 0.766. The second-order valence-electron chi connectivity index (χ2n) is 4.07. The molecule has 0 atom stereocenters. The predicted octanol–water partition coefficient (Wildman–Crippen LogP) is 2.27. The number of rotatable bonds is 5. The Morgan fingerprint density at radius 2 is 2.21 bits per heavy atom. The fourth-order valence-corrected chi connectivity index (χ4v) is 2.05. The Hall–Kier alpha value is -1.82. The van der Waals surface area contributed by atoms with Crippen molar-refractivity contribution in [1.29, 1.82) is 0 Å². The van der Waals surface area contributed by atoms with Crippen LogP contribution in [0.2, 0.25) is 0 Å². The summed E-state index contributed by atoms with van der Waals surface area (Å²) in [6, 6.07) is 5.94. The van der Waals surface area contributed by atoms with Crippen molar-refractivity contribution >= 4 is 23.4 Å². The quantitative estimate of drug-likeness (QED) is 0.667. The van der Waals surface area contributed by atoms with E-state index in [1.807, 2.05) is 38.7 Å². The average molecular weight is 275 g/mol. The zero-order valence-electron chi connectivity index (χ0n) is 11.3. The second-order valence-corrected chi connectivity index (χ2v) is 4.84. The first kappa shape index (κ1) is 13.6. The molecule has 6 heteroatoms. The molecule has 0 saturated carbocycles. The molecule has 0 fully saturated rings. The van der Waals surface area contributed by atoms with Gasteiger partial charge in [-0.3, -0.25) is 4.98 Å². The molecule has 1 N–H and O–H groups in total. The lowest BCUT2D eigenvalue weighted by atomic mass is 10.3. The minimum absolute atomic E-state index is 0.764. The molecule has 0 aliphatic rings. The Labute approximate surface area is 117 Å². The Morgan fingerprint density at radius 1 is 1.37 bits per heavy atom. The standard InChI is InChI=1S/C13H17N5S/c1-14-11-7-12(17-13(16-11)19-3)18(2)9-10-5-4-6-15-8-10/h4-8H,9H2,1-3H3,(H,14,16,17). The molecule has 0 amide bonds. The van der Waals surface area contributed by atoms with Crippen molar-refractivity contribution in [1.82, 2.24) is 15.0 Å². The predicted molar refractivity (Wildman–Crippen MR) is 79.7 cm³/mol. The molecular formula is C13H17N5S. The van der Waals surface area contributed by atoms with E-state index in [-0.39, 0.29) is 0 Å². The maximum Gasteiger partial charge on any atom is 0.191 e. The second kappa shape index (κ2) is 6.38. The highest BCUT2D eigenvalue weighted by Gasteiger charge is 2.08. The van der Waals surface area contributed by atoms with Gasteiger partial charge in [-0.1, -0.05) is 17.8 Å². The van der Waals surface area contributed by atoms with Gasteiger partial charge < -0.3 is 10.2 Å². The molecule has 2 aromatic heterocycles. The fraction of sp³-hybridized carbons (Fsp3) is 0.308. The van der Waals surface area contributed by atoms with Gasteiger partial charge in [-0.2, -0.15) is 0 Å². The third-order valence-corrected chi connectivity index (χ3v) is 3.21. The Morgan fingerprint density at radius 3 is 2.84 bits per heavy atom. The van der Waals surface area contributed by atoms with E-state index in [9.17, 15) is 0 Å². The molecular weight excluding hydrogens is 258 g/mol. The summed E-state index contributed by atoms with van der Waals surface area (Å²) < 4.78 is 0. The Bertz CT molecular complexity index is 510. The van der Waals surface area contributed by atoms with Gasteiger partial charge in [-0.25, -0.2) is 9.97 Å². The third kappa shape index (κ3) is 3.57. The number of hydrogen-bond acceptors (Lipinski definition) is 6. The van der Waals surface area contributed by atoms with Crippen LogP contribution >= 0.6 is 11.8 Å². The Kier molecular flexibility index (Phi) is 4.57. The van der Waals surface area contributed by atoms with Crippen LogP contribution in [-0.4, -0.2) is 35.3 Å². The normalized spacial score (nSPS) is 10.3. The molecule has 2 rings (SSSR count). The lowest BCUT2D eigenvalue weighted by molar-refractivity contribution is 0.855. The minimum Gasteiger partial charge on any atom is -0.373 e. The molecule has 19 heavy (non-hydrogen) atoms. The van der Waals surface area contributed by atoms with Crippen LogP contribution < -0.4 is 10.2 Å². The largest absolute Gasteiger partial charge is 0.373 e. The molecule has 0 aromatic carbocycles. The molecule has 0 saturated heterocycles. The van der Waals surface area contributed by atoms with E-state index >= 15 is 0 Å². The summed E-state index contributed by atoms with van der Waals surface area (Å²) in [6.07, 6.45) is 5.62. The van der Waals surface area contributed by atoms with Gasteiger partial charge in [0.05, 0.1) is 0 Å². The maximum absolute atomic E-state index is 4.51. The van der Waals surface area contributed by atoms with Crippen molar-refractivity contribution in [3.05, 3.63) is 36.2 Å². The van der Waals surface area contributed by atoms with E-state index in [0.717, 1.165) is 28.9 Å². The van der Waals surface area contributed by atoms with Crippen molar-refractivity contribution in [2.45, 2.75) is 11.7 Å². The molecule has 0 aliphatic heterocycles. The molecule has 2 heterocycles. The van der Waals surface area contributed by atoms with Crippen molar-refractivity contribution in [3.63, 3.8) is 0 Å². The van der Waals surface area contributed by atoms with Crippen molar-refractivity contribution in [3.8, 4) is 0 Å². The van der Waals surface area contributed by atoms with Crippen LogP contribution in [0.25, 0.3) is 0 Å². The van der Waals surface area contributed by atoms with Gasteiger partial charge in [0.15, 0.2) is 5.16 Å². The van der Waals surface area contributed by atoms with Gasteiger partial charge in [0.1, 0.15) is 11.6 Å². The molecule has 100 valence electrons. The smallest absolute Gasteiger partial charge is 0.191 e. The lowest BCUT2D eigenvalue weighted by Gasteiger charge is -2.19. The molecule has 0 spiro atoms. The molecule has 2 aromatic rings. The summed E-state index contributed by atoms with van der Waals surface area (Å²) in [5, 5.41) is 3.82. The van der Waals surface area contributed by atoms with E-state index < -0.39 is 0 Å². The zero-order valence-corrected chi connectivity index (χ0v) is 12.1. The van der Waals surface area contributed by atoms with Crippen LogP contribution in [0, 0.1) is 0 Å². The van der Waals surface area contributed by atoms with E-state index in [0.29, 0.717) is 0 Å². The first-order valence-corrected chi connectivity index (χ1v) is 7.16. The van der Waals surface area contributed by atoms with Gasteiger partial charge in [-0.15, -0.1) is 0 Å². The van der Waals surface area contributed by atoms with Crippen molar-refractivity contribution in [2.75, 3.05) is 30.6 Å². The van der Waals surface area contributed by atoms with E-state index in [4.69, 9.17) is 0 Å². The highest BCUT2D eigenvalue weighted by atomic mass is 32.2. The lowest BCUT2D eigenvalue weighted by Crippen LogP contribution is -2.18. The number of aromatic nitrogens is 3. The first-order chi connectivity index (χ1) is 9.22. The van der Waals surface area contributed by atoms with Gasteiger partial charge in [0.2, 0.25) is 0 Å². The molecule has 5 nitrogen and oxygen atoms in total. The molecule has 0 unspecified atom stereocenters. The summed E-state index contributed by atoms with van der Waals surface area (Å²) in [5.74, 6) is 1.72. The number of thioether (sulfide) groups is 1. The Balaban J connectivity index is 2.20. The highest BCUT2D eigenvalue weighted by Crippen LogP contribution is 2.20. The maximum atomic E-state index is 4.51. The van der Waals surface area contributed by atoms with Crippen molar-refractivity contribution < 1.29 is 0 Å². The van der Waals surface area contributed by atoms with Gasteiger partial charge >= 0.3 is 0 Å². The topological polar surface area (TPSA) is 53.9 Å². The number of hydrogen-bond donors (Lipinski definition) is 1. The monoisotopic (exact) mass is 275 g/mol. The number of nitrogens with one attached hydrogen (secondary N) is 1. The van der Waals surface area contributed by atoms with Gasteiger partial charge in [0.25, 0.3) is 0 Å². The van der Waals surface area contributed by atoms with E-state index in [2.05, 4.69) is 31.2 Å². The van der Waals surface area contributed by atoms with E-state index in [1.54, 1.807) is 6.20 Å². The van der Waals surface area contributed by atoms with Crippen molar-refractivity contribution in [2.24, 2.45) is 0 Å². The minimum atomic E-state index is 0.764. The van der Waals surface area contributed by atoms with Crippen LogP contribution in [0.4, 0.5) is 11.6 Å². The molecule has 0 radical (unpaired) electrons. The van der Waals surface area contributed by atoms with Crippen LogP contribution in [0.15, 0.2) is 35.7 Å². The van der Waals surface area contributed by atoms with Crippen LogP contribution in [0.1, 0.15) is 5.56 Å². The fourth-order valence-electron chi connectivity index (χ4n) is 1.67. The summed E-state index contributed by atoms with van der Waals surface area (Å²) in [4.78, 5) is 15.1. The average Bonchev–Trinajstić information content (AvgIpc) is 2.47. The first-order valence-electron chi connectivity index (χ1n) is 5.94. The third-order valence-electron chi connectivity index (χ3n) is 2.66. The SMILES string of the molecule is CNc1cc(N(C)Cc2cccnc2)nc(SC)n1. The summed E-state index contributed by atoms with van der Waals surface area (Å²) in [5.41, 5.74) is 1.15. The molecule has 0 bridgehead atoms. The van der Waals surface area contributed by atoms with Gasteiger partial charge in [-0.05, 0) is 17.9 Å². The number of pyridine rings is 1.